The quantitative estimate of drug-likeness (QED) is 0.847. The molecular formula is C20H30N2O2. The number of anilines is 1. The predicted octanol–water partition coefficient (Wildman–Crippen LogP) is 4.03. The van der Waals surface area contributed by atoms with Gasteiger partial charge < -0.3 is 10.2 Å². The van der Waals surface area contributed by atoms with Gasteiger partial charge >= 0.3 is 0 Å². The van der Waals surface area contributed by atoms with Crippen LogP contribution in [0.15, 0.2) is 24.3 Å². The third-order valence-electron chi connectivity index (χ3n) is 4.88. The van der Waals surface area contributed by atoms with Crippen molar-refractivity contribution in [2.75, 3.05) is 18.4 Å². The number of hydrogen-bond donors (Lipinski definition) is 1. The van der Waals surface area contributed by atoms with Gasteiger partial charge in [-0.3, -0.25) is 9.59 Å². The zero-order valence-corrected chi connectivity index (χ0v) is 15.6. The van der Waals surface area contributed by atoms with Gasteiger partial charge in [0.05, 0.1) is 0 Å². The number of carbonyl (C=O) groups excluding carboxylic acids is 2. The van der Waals surface area contributed by atoms with E-state index >= 15 is 0 Å². The van der Waals surface area contributed by atoms with Crippen molar-refractivity contribution in [2.45, 2.75) is 53.4 Å². The highest BCUT2D eigenvalue weighted by Crippen LogP contribution is 2.26. The first-order valence-corrected chi connectivity index (χ1v) is 8.92. The molecule has 1 aliphatic rings. The smallest absolute Gasteiger partial charge is 0.239 e. The molecule has 4 nitrogen and oxygen atoms in total. The highest BCUT2D eigenvalue weighted by molar-refractivity contribution is 6.09. The van der Waals surface area contributed by atoms with E-state index in [2.05, 4.69) is 26.1 Å². The minimum absolute atomic E-state index is 0.0784. The summed E-state index contributed by atoms with van der Waals surface area (Å²) in [7, 11) is 0. The Morgan fingerprint density at radius 2 is 1.83 bits per heavy atom. The number of likely N-dealkylation sites (tertiary alicyclic amines) is 1. The molecule has 1 unspecified atom stereocenters. The number of carbonyl (C=O) groups is 2. The molecule has 0 radical (unpaired) electrons. The maximum Gasteiger partial charge on any atom is 0.239 e. The number of amides is 2. The second-order valence-corrected chi connectivity index (χ2v) is 7.85. The monoisotopic (exact) mass is 330 g/mol. The van der Waals surface area contributed by atoms with E-state index < -0.39 is 5.41 Å². The molecule has 0 saturated carbocycles. The van der Waals surface area contributed by atoms with E-state index in [9.17, 15) is 9.59 Å². The molecule has 1 atom stereocenters. The lowest BCUT2D eigenvalue weighted by molar-refractivity contribution is -0.147. The lowest BCUT2D eigenvalue weighted by Crippen LogP contribution is -2.50. The maximum absolute atomic E-state index is 12.8. The molecule has 1 N–H and O–H groups in total. The third kappa shape index (κ3) is 4.16. The van der Waals surface area contributed by atoms with E-state index in [1.54, 1.807) is 13.8 Å². The van der Waals surface area contributed by atoms with Gasteiger partial charge in [-0.1, -0.05) is 32.9 Å². The van der Waals surface area contributed by atoms with Crippen LogP contribution < -0.4 is 5.32 Å². The zero-order valence-electron chi connectivity index (χ0n) is 15.6. The molecule has 1 heterocycles. The molecule has 1 aromatic carbocycles. The molecule has 0 spiro atoms. The van der Waals surface area contributed by atoms with Gasteiger partial charge in [0.2, 0.25) is 11.8 Å². The Hall–Kier alpha value is -1.84. The van der Waals surface area contributed by atoms with E-state index in [1.807, 2.05) is 29.2 Å². The SMILES string of the molecule is CC1CCCN(C(=O)C(C)(C)C(=O)Nc2ccc(C(C)C)cc2)C1. The van der Waals surface area contributed by atoms with Crippen molar-refractivity contribution in [1.82, 2.24) is 4.90 Å². The highest BCUT2D eigenvalue weighted by atomic mass is 16.2. The van der Waals surface area contributed by atoms with Crippen molar-refractivity contribution in [2.24, 2.45) is 11.3 Å². The molecular weight excluding hydrogens is 300 g/mol. The molecule has 1 saturated heterocycles. The van der Waals surface area contributed by atoms with Crippen LogP contribution in [-0.2, 0) is 9.59 Å². The summed E-state index contributed by atoms with van der Waals surface area (Å²) < 4.78 is 0. The number of piperidine rings is 1. The fourth-order valence-electron chi connectivity index (χ4n) is 3.10. The van der Waals surface area contributed by atoms with Crippen molar-refractivity contribution in [3.63, 3.8) is 0 Å². The summed E-state index contributed by atoms with van der Waals surface area (Å²) in [6, 6.07) is 7.83. The van der Waals surface area contributed by atoms with Crippen molar-refractivity contribution >= 4 is 17.5 Å². The van der Waals surface area contributed by atoms with Gasteiger partial charge in [-0.05, 0) is 56.2 Å². The van der Waals surface area contributed by atoms with Gasteiger partial charge in [-0.2, -0.15) is 0 Å². The molecule has 0 bridgehead atoms. The lowest BCUT2D eigenvalue weighted by atomic mass is 9.88. The first-order chi connectivity index (χ1) is 11.2. The Bertz CT molecular complexity index is 590. The van der Waals surface area contributed by atoms with Gasteiger partial charge in [-0.25, -0.2) is 0 Å². The Labute approximate surface area is 145 Å². The number of nitrogens with one attached hydrogen (secondary N) is 1. The van der Waals surface area contributed by atoms with E-state index in [4.69, 9.17) is 0 Å². The first kappa shape index (κ1) is 18.5. The molecule has 4 heteroatoms. The van der Waals surface area contributed by atoms with Crippen LogP contribution in [0, 0.1) is 11.3 Å². The molecule has 132 valence electrons. The summed E-state index contributed by atoms with van der Waals surface area (Å²) in [5.74, 6) is 0.632. The van der Waals surface area contributed by atoms with Crippen LogP contribution in [0.5, 0.6) is 0 Å². The van der Waals surface area contributed by atoms with E-state index in [1.165, 1.54) is 5.56 Å². The normalized spacial score (nSPS) is 18.6. The van der Waals surface area contributed by atoms with Crippen LogP contribution in [0.25, 0.3) is 0 Å². The Kier molecular flexibility index (Phi) is 5.68. The Morgan fingerprint density at radius 3 is 2.38 bits per heavy atom. The van der Waals surface area contributed by atoms with Gasteiger partial charge in [-0.15, -0.1) is 0 Å². The topological polar surface area (TPSA) is 49.4 Å². The second kappa shape index (κ2) is 7.37. The lowest BCUT2D eigenvalue weighted by Gasteiger charge is -2.36. The summed E-state index contributed by atoms with van der Waals surface area (Å²) >= 11 is 0. The second-order valence-electron chi connectivity index (χ2n) is 7.85. The Morgan fingerprint density at radius 1 is 1.21 bits per heavy atom. The number of nitrogens with zero attached hydrogens (tertiary/aromatic N) is 1. The maximum atomic E-state index is 12.8. The van der Waals surface area contributed by atoms with E-state index in [-0.39, 0.29) is 11.8 Å². The van der Waals surface area contributed by atoms with Crippen LogP contribution >= 0.6 is 0 Å². The van der Waals surface area contributed by atoms with Crippen LogP contribution in [0.4, 0.5) is 5.69 Å². The predicted molar refractivity (Wildman–Crippen MR) is 97.9 cm³/mol. The molecule has 24 heavy (non-hydrogen) atoms. The number of hydrogen-bond acceptors (Lipinski definition) is 2. The van der Waals surface area contributed by atoms with Gasteiger partial charge in [0.25, 0.3) is 0 Å². The summed E-state index contributed by atoms with van der Waals surface area (Å²) in [5.41, 5.74) is 0.899. The minimum Gasteiger partial charge on any atom is -0.342 e. The molecule has 2 amide bonds. The molecule has 2 rings (SSSR count). The fraction of sp³-hybridized carbons (Fsp3) is 0.600. The standard InChI is InChI=1S/C20H30N2O2/c1-14(2)16-8-10-17(11-9-16)21-18(23)20(4,5)19(24)22-12-6-7-15(3)13-22/h8-11,14-15H,6-7,12-13H2,1-5H3,(H,21,23). The van der Waals surface area contributed by atoms with Crippen LogP contribution in [-0.4, -0.2) is 29.8 Å². The summed E-state index contributed by atoms with van der Waals surface area (Å²) in [6.07, 6.45) is 2.17. The summed E-state index contributed by atoms with van der Waals surface area (Å²) in [5, 5.41) is 2.89. The van der Waals surface area contributed by atoms with Crippen molar-refractivity contribution in [3.8, 4) is 0 Å². The Balaban J connectivity index is 2.04. The van der Waals surface area contributed by atoms with Crippen molar-refractivity contribution < 1.29 is 9.59 Å². The average molecular weight is 330 g/mol. The number of benzene rings is 1. The highest BCUT2D eigenvalue weighted by Gasteiger charge is 2.40. The van der Waals surface area contributed by atoms with Crippen LogP contribution in [0.3, 0.4) is 0 Å². The van der Waals surface area contributed by atoms with Crippen LogP contribution in [0.2, 0.25) is 0 Å². The first-order valence-electron chi connectivity index (χ1n) is 8.92. The molecule has 1 aliphatic heterocycles. The molecule has 1 fully saturated rings. The van der Waals surface area contributed by atoms with Gasteiger partial charge in [0, 0.05) is 18.8 Å². The summed E-state index contributed by atoms with van der Waals surface area (Å²) in [4.78, 5) is 27.3. The van der Waals surface area contributed by atoms with Crippen molar-refractivity contribution in [3.05, 3.63) is 29.8 Å². The minimum atomic E-state index is -1.06. The average Bonchev–Trinajstić information content (AvgIpc) is 2.54. The van der Waals surface area contributed by atoms with Gasteiger partial charge in [0.1, 0.15) is 5.41 Å². The van der Waals surface area contributed by atoms with Crippen molar-refractivity contribution in [1.29, 1.82) is 0 Å². The van der Waals surface area contributed by atoms with E-state index in [0.717, 1.165) is 31.6 Å². The molecule has 0 aromatic heterocycles. The fourth-order valence-corrected chi connectivity index (χ4v) is 3.10. The number of rotatable bonds is 4. The summed E-state index contributed by atoms with van der Waals surface area (Å²) in [6.45, 7) is 11.4. The van der Waals surface area contributed by atoms with Crippen LogP contribution in [0.1, 0.15) is 58.9 Å². The largest absolute Gasteiger partial charge is 0.342 e. The van der Waals surface area contributed by atoms with E-state index in [0.29, 0.717) is 11.8 Å². The van der Waals surface area contributed by atoms with Gasteiger partial charge in [0.15, 0.2) is 0 Å². The zero-order chi connectivity index (χ0) is 17.9. The third-order valence-corrected chi connectivity index (χ3v) is 4.88. The molecule has 1 aromatic rings. The molecule has 0 aliphatic carbocycles.